The number of ether oxygens (including phenoxy) is 1. The second-order valence-electron chi connectivity index (χ2n) is 6.62. The number of nitrogens with one attached hydrogen (secondary N) is 1. The Kier molecular flexibility index (Phi) is 8.02. The van der Waals surface area contributed by atoms with Gasteiger partial charge in [-0.3, -0.25) is 14.1 Å². The predicted octanol–water partition coefficient (Wildman–Crippen LogP) is -1.79. The summed E-state index contributed by atoms with van der Waals surface area (Å²) in [4.78, 5) is 54.8. The number of thiazole rings is 2. The van der Waals surface area contributed by atoms with Crippen molar-refractivity contribution in [2.75, 3.05) is 32.3 Å². The van der Waals surface area contributed by atoms with Crippen molar-refractivity contribution in [1.82, 2.24) is 19.6 Å². The highest BCUT2D eigenvalue weighted by Crippen LogP contribution is 2.25. The molecule has 1 saturated heterocycles. The third-order valence-corrected chi connectivity index (χ3v) is 6.69. The molecule has 2 aromatic rings. The summed E-state index contributed by atoms with van der Waals surface area (Å²) in [6, 6.07) is -3.06. The summed E-state index contributed by atoms with van der Waals surface area (Å²) >= 11 is 2.02. The van der Waals surface area contributed by atoms with E-state index in [2.05, 4.69) is 35.3 Å². The Morgan fingerprint density at radius 2 is 1.64 bits per heavy atom. The van der Waals surface area contributed by atoms with Crippen molar-refractivity contribution in [3.8, 4) is 0 Å². The highest BCUT2D eigenvalue weighted by Gasteiger charge is 2.55. The number of nitrogen functional groups attached to an aromatic ring is 2. The molecule has 0 bridgehead atoms. The zero-order valence-electron chi connectivity index (χ0n) is 18.3. The first-order valence-electron chi connectivity index (χ1n) is 9.41. The molecule has 0 spiro atoms. The number of rotatable bonds is 10. The molecule has 17 nitrogen and oxygen atoms in total. The Labute approximate surface area is 210 Å². The Balaban J connectivity index is 1.79. The van der Waals surface area contributed by atoms with E-state index in [-0.39, 0.29) is 31.7 Å². The van der Waals surface area contributed by atoms with Crippen LogP contribution in [0, 0.1) is 0 Å². The van der Waals surface area contributed by atoms with Gasteiger partial charge >= 0.3 is 16.3 Å². The SMILES string of the molecule is CO/N=C(\C(=O)N[C@H]1C(=O)N(S(=O)(=O)O)[C@H]1COC(=O)/C(=N\OC)c1csc(N)n1)c1csc(N)n1. The van der Waals surface area contributed by atoms with E-state index in [4.69, 9.17) is 16.2 Å². The summed E-state index contributed by atoms with van der Waals surface area (Å²) < 4.78 is 38.0. The lowest BCUT2D eigenvalue weighted by molar-refractivity contribution is -0.152. The summed E-state index contributed by atoms with van der Waals surface area (Å²) in [5.74, 6) is -3.28. The molecule has 1 fully saturated rings. The summed E-state index contributed by atoms with van der Waals surface area (Å²) in [6.45, 7) is -0.780. The van der Waals surface area contributed by atoms with Gasteiger partial charge in [-0.15, -0.1) is 22.7 Å². The molecule has 3 heterocycles. The Hall–Kier alpha value is -3.88. The largest absolute Gasteiger partial charge is 0.458 e. The van der Waals surface area contributed by atoms with Gasteiger partial charge in [0, 0.05) is 10.8 Å². The number of hydrogen-bond acceptors (Lipinski definition) is 16. The van der Waals surface area contributed by atoms with Crippen LogP contribution in [0.15, 0.2) is 21.1 Å². The molecular weight excluding hydrogens is 544 g/mol. The topological polar surface area (TPSA) is 251 Å². The third kappa shape index (κ3) is 5.67. The maximum Gasteiger partial charge on any atom is 0.362 e. The van der Waals surface area contributed by atoms with E-state index in [1.807, 2.05) is 0 Å². The number of nitrogens with zero attached hydrogens (tertiary/aromatic N) is 5. The highest BCUT2D eigenvalue weighted by molar-refractivity contribution is 7.84. The zero-order chi connectivity index (χ0) is 26.6. The van der Waals surface area contributed by atoms with Gasteiger partial charge in [-0.1, -0.05) is 10.3 Å². The summed E-state index contributed by atoms with van der Waals surface area (Å²) in [5.41, 5.74) is 10.4. The number of carbonyl (C=O) groups excluding carboxylic acids is 3. The molecule has 2 atom stereocenters. The quantitative estimate of drug-likeness (QED) is 0.0821. The van der Waals surface area contributed by atoms with Crippen LogP contribution in [0.5, 0.6) is 0 Å². The average Bonchev–Trinajstić information content (AvgIpc) is 3.43. The molecule has 2 amide bonds. The minimum Gasteiger partial charge on any atom is -0.458 e. The van der Waals surface area contributed by atoms with Crippen LogP contribution in [0.25, 0.3) is 0 Å². The van der Waals surface area contributed by atoms with E-state index in [1.54, 1.807) is 0 Å². The third-order valence-electron chi connectivity index (χ3n) is 4.39. The first kappa shape index (κ1) is 26.7. The fourth-order valence-corrected chi connectivity index (χ4v) is 4.89. The number of hydrogen-bond donors (Lipinski definition) is 4. The Morgan fingerprint density at radius 3 is 2.11 bits per heavy atom. The lowest BCUT2D eigenvalue weighted by atomic mass is 9.99. The lowest BCUT2D eigenvalue weighted by Crippen LogP contribution is -2.73. The summed E-state index contributed by atoms with van der Waals surface area (Å²) in [7, 11) is -2.74. The highest BCUT2D eigenvalue weighted by atomic mass is 32.2. The standard InChI is InChI=1S/C16H18N8O9S3/c1-31-22-9(6-4-34-15(17)19-6)12(25)21-11-8(24(13(11)26)36(28,29)30)3-33-14(27)10(23-32-2)7-5-35-16(18)20-7/h4-5,8,11H,3H2,1-2H3,(H2,17,19)(H2,18,20)(H,21,25)(H,28,29,30)/b22-9-,23-10-/t8-,11+/m0/s1. The van der Waals surface area contributed by atoms with Crippen LogP contribution in [-0.4, -0.2) is 89.4 Å². The van der Waals surface area contributed by atoms with Gasteiger partial charge < -0.3 is 31.2 Å². The molecule has 36 heavy (non-hydrogen) atoms. The Bertz CT molecular complexity index is 1340. The van der Waals surface area contributed by atoms with E-state index in [0.717, 1.165) is 36.9 Å². The number of carbonyl (C=O) groups is 3. The molecule has 1 aliphatic heterocycles. The predicted molar refractivity (Wildman–Crippen MR) is 125 cm³/mol. The van der Waals surface area contributed by atoms with E-state index < -0.39 is 52.5 Å². The molecule has 2 aromatic heterocycles. The molecular formula is C16H18N8O9S3. The summed E-state index contributed by atoms with van der Waals surface area (Å²) in [6.07, 6.45) is 0. The van der Waals surface area contributed by atoms with E-state index >= 15 is 0 Å². The van der Waals surface area contributed by atoms with E-state index in [1.165, 1.54) is 10.8 Å². The van der Waals surface area contributed by atoms with E-state index in [0.29, 0.717) is 0 Å². The lowest BCUT2D eigenvalue weighted by Gasteiger charge is -2.43. The van der Waals surface area contributed by atoms with Crippen LogP contribution in [0.4, 0.5) is 10.3 Å². The molecule has 194 valence electrons. The van der Waals surface area contributed by atoms with Gasteiger partial charge in [-0.25, -0.2) is 19.1 Å². The van der Waals surface area contributed by atoms with Crippen LogP contribution < -0.4 is 16.8 Å². The van der Waals surface area contributed by atoms with Crippen molar-refractivity contribution in [3.63, 3.8) is 0 Å². The molecule has 0 radical (unpaired) electrons. The summed E-state index contributed by atoms with van der Waals surface area (Å²) in [5, 5.41) is 12.4. The first-order valence-corrected chi connectivity index (χ1v) is 12.6. The Morgan fingerprint density at radius 1 is 1.11 bits per heavy atom. The van der Waals surface area contributed by atoms with Crippen molar-refractivity contribution in [3.05, 3.63) is 22.1 Å². The van der Waals surface area contributed by atoms with Crippen molar-refractivity contribution in [1.29, 1.82) is 0 Å². The fourth-order valence-electron chi connectivity index (χ4n) is 2.93. The second-order valence-corrected chi connectivity index (χ2v) is 9.68. The number of aromatic nitrogens is 2. The molecule has 0 unspecified atom stereocenters. The molecule has 6 N–H and O–H groups in total. The van der Waals surface area contributed by atoms with Crippen LogP contribution in [0.3, 0.4) is 0 Å². The number of esters is 1. The average molecular weight is 563 g/mol. The number of nitrogens with two attached hydrogens (primary N) is 2. The number of anilines is 2. The number of β-lactam (4-membered cyclic amide) rings is 1. The van der Waals surface area contributed by atoms with Crippen molar-refractivity contribution < 1.29 is 41.8 Å². The molecule has 1 aliphatic rings. The van der Waals surface area contributed by atoms with Gasteiger partial charge in [-0.2, -0.15) is 8.42 Å². The molecule has 3 rings (SSSR count). The molecule has 0 saturated carbocycles. The smallest absolute Gasteiger partial charge is 0.362 e. The first-order chi connectivity index (χ1) is 17.0. The molecule has 20 heteroatoms. The molecule has 0 aromatic carbocycles. The second kappa shape index (κ2) is 10.8. The van der Waals surface area contributed by atoms with Gasteiger partial charge in [-0.05, 0) is 0 Å². The van der Waals surface area contributed by atoms with Gasteiger partial charge in [0.15, 0.2) is 16.0 Å². The fraction of sp³-hybridized carbons (Fsp3) is 0.312. The normalized spacial score (nSPS) is 18.4. The number of oxime groups is 2. The van der Waals surface area contributed by atoms with Crippen molar-refractivity contribution in [2.24, 2.45) is 10.3 Å². The minimum absolute atomic E-state index is 0.0217. The monoisotopic (exact) mass is 562 g/mol. The number of amides is 2. The molecule has 0 aliphatic carbocycles. The zero-order valence-corrected chi connectivity index (χ0v) is 20.8. The van der Waals surface area contributed by atoms with Crippen molar-refractivity contribution >= 4 is 72.4 Å². The van der Waals surface area contributed by atoms with Crippen LogP contribution in [0.1, 0.15) is 11.4 Å². The maximum atomic E-state index is 12.8. The maximum absolute atomic E-state index is 12.8. The van der Waals surface area contributed by atoms with Crippen LogP contribution in [-0.2, 0) is 39.1 Å². The van der Waals surface area contributed by atoms with Gasteiger partial charge in [0.05, 0.1) is 0 Å². The van der Waals surface area contributed by atoms with Gasteiger partial charge in [0.1, 0.15) is 44.3 Å². The van der Waals surface area contributed by atoms with Crippen LogP contribution in [0.2, 0.25) is 0 Å². The van der Waals surface area contributed by atoms with E-state index in [9.17, 15) is 27.4 Å². The minimum atomic E-state index is -5.06. The van der Waals surface area contributed by atoms with Crippen molar-refractivity contribution in [2.45, 2.75) is 12.1 Å². The van der Waals surface area contributed by atoms with Crippen LogP contribution >= 0.6 is 22.7 Å². The van der Waals surface area contributed by atoms with Gasteiger partial charge in [0.25, 0.3) is 11.8 Å². The van der Waals surface area contributed by atoms with Gasteiger partial charge in [0.2, 0.25) is 5.71 Å².